The Hall–Kier alpha value is -3.10. The molecule has 0 aliphatic heterocycles. The minimum atomic E-state index is -4.96. The number of alkyl halides is 3. The van der Waals surface area contributed by atoms with Crippen molar-refractivity contribution in [1.29, 1.82) is 0 Å². The van der Waals surface area contributed by atoms with Gasteiger partial charge in [-0.2, -0.15) is 0 Å². The van der Waals surface area contributed by atoms with Crippen LogP contribution in [0.3, 0.4) is 0 Å². The number of pyridine rings is 1. The lowest BCUT2D eigenvalue weighted by atomic mass is 9.99. The van der Waals surface area contributed by atoms with E-state index in [0.29, 0.717) is 23.0 Å². The van der Waals surface area contributed by atoms with Gasteiger partial charge in [0.1, 0.15) is 5.82 Å². The lowest BCUT2D eigenvalue weighted by Gasteiger charge is -2.16. The Balaban J connectivity index is 2.09. The lowest BCUT2D eigenvalue weighted by Crippen LogP contribution is -2.17. The van der Waals surface area contributed by atoms with Gasteiger partial charge in [-0.05, 0) is 37.1 Å². The standard InChI is InChI=1S/C23H27F4N3O2/c1-5-7-8-16(6-2)22(31-4)29-15(3)17-9-12-21(28-14-17)30-18-10-11-20(19(24)13-18)32-23(25,26)27/h9-14,16H,3,5-8H2,1-2,4H3,(H,28,30). The topological polar surface area (TPSA) is 55.7 Å². The van der Waals surface area contributed by atoms with Crippen molar-refractivity contribution in [3.05, 3.63) is 54.5 Å². The number of aromatic nitrogens is 1. The summed E-state index contributed by atoms with van der Waals surface area (Å²) in [6, 6.07) is 6.42. The normalized spacial score (nSPS) is 12.9. The minimum absolute atomic E-state index is 0.213. The molecule has 1 unspecified atom stereocenters. The maximum atomic E-state index is 13.9. The molecule has 1 aromatic carbocycles. The number of hydrogen-bond donors (Lipinski definition) is 1. The summed E-state index contributed by atoms with van der Waals surface area (Å²) < 4.78 is 59.7. The van der Waals surface area contributed by atoms with Crippen molar-refractivity contribution < 1.29 is 27.0 Å². The Bertz CT molecular complexity index is 928. The van der Waals surface area contributed by atoms with E-state index >= 15 is 0 Å². The van der Waals surface area contributed by atoms with Gasteiger partial charge in [0, 0.05) is 29.4 Å². The number of aliphatic imine (C=N–C) groups is 1. The highest BCUT2D eigenvalue weighted by Crippen LogP contribution is 2.28. The Morgan fingerprint density at radius 2 is 1.97 bits per heavy atom. The fraction of sp³-hybridized carbons (Fsp3) is 0.391. The van der Waals surface area contributed by atoms with Crippen LogP contribution >= 0.6 is 0 Å². The van der Waals surface area contributed by atoms with Crippen LogP contribution < -0.4 is 10.1 Å². The molecule has 1 heterocycles. The highest BCUT2D eigenvalue weighted by Gasteiger charge is 2.32. The molecule has 2 rings (SSSR count). The van der Waals surface area contributed by atoms with Gasteiger partial charge in [0.2, 0.25) is 0 Å². The van der Waals surface area contributed by atoms with Gasteiger partial charge < -0.3 is 14.8 Å². The minimum Gasteiger partial charge on any atom is -0.484 e. The molecule has 9 heteroatoms. The van der Waals surface area contributed by atoms with E-state index in [1.807, 2.05) is 0 Å². The van der Waals surface area contributed by atoms with E-state index in [9.17, 15) is 17.6 Å². The number of anilines is 2. The van der Waals surface area contributed by atoms with Crippen molar-refractivity contribution in [3.63, 3.8) is 0 Å². The van der Waals surface area contributed by atoms with Gasteiger partial charge in [0.15, 0.2) is 17.5 Å². The quantitative estimate of drug-likeness (QED) is 0.237. The molecular formula is C23H27F4N3O2. The van der Waals surface area contributed by atoms with Crippen LogP contribution in [0.1, 0.15) is 45.1 Å². The van der Waals surface area contributed by atoms with E-state index in [0.717, 1.165) is 37.8 Å². The van der Waals surface area contributed by atoms with Gasteiger partial charge >= 0.3 is 6.36 Å². The molecule has 1 atom stereocenters. The molecule has 1 N–H and O–H groups in total. The van der Waals surface area contributed by atoms with E-state index in [1.54, 1.807) is 25.4 Å². The van der Waals surface area contributed by atoms with Crippen LogP contribution in [-0.4, -0.2) is 24.4 Å². The van der Waals surface area contributed by atoms with Gasteiger partial charge in [-0.3, -0.25) is 0 Å². The van der Waals surface area contributed by atoms with Gasteiger partial charge in [-0.1, -0.05) is 33.3 Å². The Labute approximate surface area is 185 Å². The zero-order chi connectivity index (χ0) is 23.7. The van der Waals surface area contributed by atoms with Crippen LogP contribution in [-0.2, 0) is 4.74 Å². The van der Waals surface area contributed by atoms with Gasteiger partial charge in [-0.15, -0.1) is 13.2 Å². The number of unbranched alkanes of at least 4 members (excludes halogenated alkanes) is 1. The maximum Gasteiger partial charge on any atom is 0.573 e. The molecule has 32 heavy (non-hydrogen) atoms. The number of methoxy groups -OCH3 is 1. The zero-order valence-corrected chi connectivity index (χ0v) is 18.3. The molecule has 0 bridgehead atoms. The summed E-state index contributed by atoms with van der Waals surface area (Å²) in [5.41, 5.74) is 1.39. The first-order valence-electron chi connectivity index (χ1n) is 10.3. The second-order valence-corrected chi connectivity index (χ2v) is 7.10. The van der Waals surface area contributed by atoms with E-state index in [4.69, 9.17) is 4.74 Å². The van der Waals surface area contributed by atoms with Crippen LogP contribution in [0.4, 0.5) is 29.1 Å². The molecule has 0 aliphatic carbocycles. The molecule has 174 valence electrons. The molecule has 0 aliphatic rings. The zero-order valence-electron chi connectivity index (χ0n) is 18.3. The Morgan fingerprint density at radius 1 is 1.22 bits per heavy atom. The van der Waals surface area contributed by atoms with Crippen LogP contribution in [0, 0.1) is 11.7 Å². The average molecular weight is 453 g/mol. The van der Waals surface area contributed by atoms with Crippen molar-refractivity contribution in [2.45, 2.75) is 45.9 Å². The summed E-state index contributed by atoms with van der Waals surface area (Å²) in [5, 5.41) is 2.83. The second-order valence-electron chi connectivity index (χ2n) is 7.10. The van der Waals surface area contributed by atoms with Crippen molar-refractivity contribution in [2.24, 2.45) is 10.9 Å². The third kappa shape index (κ3) is 7.55. The lowest BCUT2D eigenvalue weighted by molar-refractivity contribution is -0.275. The Kier molecular flexibility index (Phi) is 9.04. The first kappa shape index (κ1) is 25.2. The molecule has 5 nitrogen and oxygen atoms in total. The number of ether oxygens (including phenoxy) is 2. The smallest absolute Gasteiger partial charge is 0.484 e. The molecular weight excluding hydrogens is 426 g/mol. The van der Waals surface area contributed by atoms with Crippen molar-refractivity contribution in [1.82, 2.24) is 4.98 Å². The molecule has 0 spiro atoms. The predicted octanol–water partition coefficient (Wildman–Crippen LogP) is 7.09. The fourth-order valence-corrected chi connectivity index (χ4v) is 3.03. The average Bonchev–Trinajstić information content (AvgIpc) is 2.74. The van der Waals surface area contributed by atoms with Crippen LogP contribution in [0.25, 0.3) is 5.70 Å². The van der Waals surface area contributed by atoms with Crippen LogP contribution in [0.2, 0.25) is 0 Å². The van der Waals surface area contributed by atoms with Crippen molar-refractivity contribution >= 4 is 23.1 Å². The van der Waals surface area contributed by atoms with Crippen LogP contribution in [0.15, 0.2) is 48.1 Å². The first-order valence-corrected chi connectivity index (χ1v) is 10.3. The number of nitrogens with one attached hydrogen (secondary N) is 1. The number of rotatable bonds is 10. The first-order chi connectivity index (χ1) is 15.2. The highest BCUT2D eigenvalue weighted by atomic mass is 19.4. The summed E-state index contributed by atoms with van der Waals surface area (Å²) in [7, 11) is 1.59. The van der Waals surface area contributed by atoms with E-state index < -0.39 is 17.9 Å². The second kappa shape index (κ2) is 11.5. The largest absolute Gasteiger partial charge is 0.573 e. The summed E-state index contributed by atoms with van der Waals surface area (Å²) in [6.45, 7) is 8.21. The third-order valence-corrected chi connectivity index (χ3v) is 4.73. The molecule has 0 amide bonds. The monoisotopic (exact) mass is 453 g/mol. The summed E-state index contributed by atoms with van der Waals surface area (Å²) >= 11 is 0. The highest BCUT2D eigenvalue weighted by molar-refractivity contribution is 5.85. The molecule has 1 aromatic heterocycles. The Morgan fingerprint density at radius 3 is 2.50 bits per heavy atom. The van der Waals surface area contributed by atoms with Gasteiger partial charge in [0.05, 0.1) is 12.8 Å². The van der Waals surface area contributed by atoms with E-state index in [1.165, 1.54) is 6.07 Å². The number of benzene rings is 1. The van der Waals surface area contributed by atoms with Crippen molar-refractivity contribution in [3.8, 4) is 5.75 Å². The van der Waals surface area contributed by atoms with Crippen molar-refractivity contribution in [2.75, 3.05) is 12.4 Å². The summed E-state index contributed by atoms with van der Waals surface area (Å²) in [4.78, 5) is 8.78. The fourth-order valence-electron chi connectivity index (χ4n) is 3.03. The number of hydrogen-bond acceptors (Lipinski definition) is 5. The number of halogens is 4. The molecule has 2 aromatic rings. The molecule has 0 saturated carbocycles. The summed E-state index contributed by atoms with van der Waals surface area (Å²) in [6.07, 6.45) is 0.648. The predicted molar refractivity (Wildman–Crippen MR) is 117 cm³/mol. The van der Waals surface area contributed by atoms with Gasteiger partial charge in [0.25, 0.3) is 0 Å². The van der Waals surface area contributed by atoms with E-state index in [2.05, 4.69) is 40.5 Å². The van der Waals surface area contributed by atoms with Gasteiger partial charge in [-0.25, -0.2) is 14.4 Å². The molecule has 0 radical (unpaired) electrons. The number of nitrogens with zero attached hydrogens (tertiary/aromatic N) is 2. The summed E-state index contributed by atoms with van der Waals surface area (Å²) in [5.74, 6) is -0.837. The molecule has 0 fully saturated rings. The SMILES string of the molecule is C=C(N=C(OC)C(CC)CCCC)c1ccc(Nc2ccc(OC(F)(F)F)c(F)c2)nc1. The maximum absolute atomic E-state index is 13.9. The third-order valence-electron chi connectivity index (χ3n) is 4.73. The molecule has 0 saturated heterocycles. The van der Waals surface area contributed by atoms with Crippen LogP contribution in [0.5, 0.6) is 5.75 Å². The van der Waals surface area contributed by atoms with E-state index in [-0.39, 0.29) is 11.6 Å².